The second-order valence-electron chi connectivity index (χ2n) is 21.2. The van der Waals surface area contributed by atoms with Crippen molar-refractivity contribution >= 4 is 42.8 Å². The minimum Gasteiger partial charge on any atom is -0.497 e. The molecule has 0 bridgehead atoms. The molecular weight excluding hydrogens is 1070 g/mol. The summed E-state index contributed by atoms with van der Waals surface area (Å²) in [7, 11) is 3.65. The number of anilines is 3. The van der Waals surface area contributed by atoms with E-state index in [4.69, 9.17) is 44.0 Å². The zero-order valence-electron chi connectivity index (χ0n) is 48.0. The van der Waals surface area contributed by atoms with Crippen LogP contribution in [0.3, 0.4) is 0 Å². The van der Waals surface area contributed by atoms with Gasteiger partial charge in [0.05, 0.1) is 33.3 Å². The number of hydrogen-bond donors (Lipinski definition) is 2. The third kappa shape index (κ3) is 13.0. The van der Waals surface area contributed by atoms with Gasteiger partial charge in [-0.1, -0.05) is 60.7 Å². The number of nitrogens with one attached hydrogen (secondary N) is 2. The van der Waals surface area contributed by atoms with E-state index in [2.05, 4.69) is 91.7 Å². The predicted octanol–water partition coefficient (Wildman–Crippen LogP) is 10.4. The van der Waals surface area contributed by atoms with Crippen molar-refractivity contribution in [2.24, 2.45) is 0 Å². The molecule has 2 saturated heterocycles. The maximum atomic E-state index is 14.1. The average molecular weight is 1140 g/mol. The Hall–Kier alpha value is -7.86. The van der Waals surface area contributed by atoms with Crippen LogP contribution in [-0.4, -0.2) is 137 Å². The number of ether oxygens (including phenoxy) is 4. The normalized spacial score (nSPS) is 17.1. The number of methoxy groups -OCH3 is 2. The molecule has 2 N–H and O–H groups in total. The molecule has 2 aliphatic rings. The number of rotatable bonds is 24. The molecule has 0 saturated carbocycles. The van der Waals surface area contributed by atoms with Crippen molar-refractivity contribution in [1.82, 2.24) is 39.3 Å². The van der Waals surface area contributed by atoms with Crippen LogP contribution in [0.25, 0.3) is 38.9 Å². The van der Waals surface area contributed by atoms with Crippen molar-refractivity contribution in [3.63, 3.8) is 0 Å². The number of carbonyl (C=O) groups excluding carboxylic acids is 1. The van der Waals surface area contributed by atoms with Crippen LogP contribution in [0.2, 0.25) is 0 Å². The molecule has 0 aliphatic carbocycles. The molecule has 20 nitrogen and oxygen atoms in total. The van der Waals surface area contributed by atoms with Crippen molar-refractivity contribution in [2.45, 2.75) is 83.6 Å². The number of H-pyrrole nitrogens is 1. The predicted molar refractivity (Wildman–Crippen MR) is 319 cm³/mol. The lowest BCUT2D eigenvalue weighted by Gasteiger charge is -2.39. The molecule has 2 aliphatic heterocycles. The Morgan fingerprint density at radius 1 is 0.855 bits per heavy atom. The van der Waals surface area contributed by atoms with Crippen LogP contribution in [0.1, 0.15) is 69.5 Å². The highest BCUT2D eigenvalue weighted by atomic mass is 31.2. The molecule has 4 unspecified atom stereocenters. The van der Waals surface area contributed by atoms with Gasteiger partial charge >= 0.3 is 0 Å². The van der Waals surface area contributed by atoms with Gasteiger partial charge in [0.25, 0.3) is 14.1 Å². The molecule has 5 heterocycles. The van der Waals surface area contributed by atoms with Crippen LogP contribution in [0.15, 0.2) is 137 Å². The summed E-state index contributed by atoms with van der Waals surface area (Å²) in [5.41, 5.74) is 4.82. The second-order valence-corrected chi connectivity index (χ2v) is 22.6. The number of benzene rings is 5. The first-order chi connectivity index (χ1) is 40.2. The summed E-state index contributed by atoms with van der Waals surface area (Å²) < 4.78 is 49.6. The lowest BCUT2D eigenvalue weighted by Crippen LogP contribution is -2.44. The van der Waals surface area contributed by atoms with Crippen molar-refractivity contribution in [3.05, 3.63) is 172 Å². The Morgan fingerprint density at radius 3 is 2.10 bits per heavy atom. The number of imidazole rings is 1. The Morgan fingerprint density at radius 2 is 1.48 bits per heavy atom. The van der Waals surface area contributed by atoms with E-state index in [0.29, 0.717) is 34.2 Å². The molecule has 83 heavy (non-hydrogen) atoms. The van der Waals surface area contributed by atoms with Crippen LogP contribution >= 0.6 is 8.53 Å². The van der Waals surface area contributed by atoms with E-state index in [9.17, 15) is 9.59 Å². The van der Waals surface area contributed by atoms with Gasteiger partial charge in [-0.05, 0) is 125 Å². The molecule has 3 aromatic heterocycles. The number of likely N-dealkylation sites (N-methyl/N-ethyl adjacent to an activating group) is 1. The smallest absolute Gasteiger partial charge is 0.280 e. The SMILES string of the molecule is [C-]#[N+]CCOP(OC1CC(n2cnc3c(=O)[nH]c(Nc4cc(-c5nnc(-c6ccc(N7CCN(C)CC7)cc6)o5)ccc4CC(C)=O)nc32)OC1COC(c1ccccc1)(c1ccc(OC)cc1)c1ccc(OC)cc1)N(C(C)C)C(C)C. The standard InChI is InChI=1S/C62H70N11O9P/c1-40(2)73(41(3)4)83(79-34-29-63-6)82-53-37-55(80-54(53)38-78-62(46-13-11-10-12-14-46,47-19-25-50(76-8)26-20-47)48-21-27-51(77-9)28-22-48)72-39-64-56-57(72)66-61(67-58(56)75)65-52-36-45(16-15-44(52)35-42(5)74)60-69-68-59(81-60)43-17-23-49(24-18-43)71-32-30-70(7)31-33-71/h10-28,36,39-41,53-55H,29-35,37-38H2,1-5,7-9H3,(H2,65,66,67,75). The molecule has 21 heteroatoms. The Kier molecular flexibility index (Phi) is 18.4. The highest BCUT2D eigenvalue weighted by Crippen LogP contribution is 2.51. The van der Waals surface area contributed by atoms with Gasteiger partial charge in [-0.15, -0.1) is 10.2 Å². The fourth-order valence-electron chi connectivity index (χ4n) is 10.7. The summed E-state index contributed by atoms with van der Waals surface area (Å²) in [6.45, 7) is 21.7. The number of aromatic amines is 1. The summed E-state index contributed by atoms with van der Waals surface area (Å²) >= 11 is 0. The van der Waals surface area contributed by atoms with Crippen molar-refractivity contribution in [3.8, 4) is 34.4 Å². The van der Waals surface area contributed by atoms with Gasteiger partial charge < -0.3 is 52.4 Å². The largest absolute Gasteiger partial charge is 0.497 e. The summed E-state index contributed by atoms with van der Waals surface area (Å²) in [6, 6.07) is 39.2. The van der Waals surface area contributed by atoms with Gasteiger partial charge in [0.2, 0.25) is 24.3 Å². The van der Waals surface area contributed by atoms with Gasteiger partial charge in [0.1, 0.15) is 41.8 Å². The van der Waals surface area contributed by atoms with Crippen LogP contribution < -0.4 is 25.2 Å². The molecule has 0 spiro atoms. The molecule has 0 amide bonds. The Labute approximate surface area is 484 Å². The van der Waals surface area contributed by atoms with Crippen LogP contribution in [-0.2, 0) is 35.3 Å². The molecule has 2 fully saturated rings. The summed E-state index contributed by atoms with van der Waals surface area (Å²) in [5.74, 6) is 2.03. The average Bonchev–Trinajstić information content (AvgIpc) is 4.46. The molecule has 432 valence electrons. The number of nitrogens with zero attached hydrogens (tertiary/aromatic N) is 9. The number of Topliss-reactive ketones (excluding diaryl/α,β-unsaturated/α-hetero) is 1. The minimum absolute atomic E-state index is 0.0101. The first-order valence-corrected chi connectivity index (χ1v) is 29.0. The first kappa shape index (κ1) is 58.3. The quantitative estimate of drug-likeness (QED) is 0.0250. The number of aromatic nitrogens is 6. The lowest BCUT2D eigenvalue weighted by atomic mass is 9.80. The lowest BCUT2D eigenvalue weighted by molar-refractivity contribution is -0.116. The first-order valence-electron chi connectivity index (χ1n) is 27.8. The Bertz CT molecular complexity index is 3510. The number of piperazine rings is 1. The number of fused-ring (bicyclic) bond motifs is 1. The summed E-state index contributed by atoms with van der Waals surface area (Å²) in [4.78, 5) is 47.4. The number of ketones is 1. The second kappa shape index (κ2) is 26.2. The van der Waals surface area contributed by atoms with E-state index in [-0.39, 0.29) is 73.5 Å². The number of carbonyl (C=O) groups is 1. The molecule has 8 aromatic rings. The molecule has 5 aromatic carbocycles. The topological polar surface area (TPSA) is 201 Å². The van der Waals surface area contributed by atoms with E-state index in [0.717, 1.165) is 54.1 Å². The van der Waals surface area contributed by atoms with Gasteiger partial charge in [0, 0.05) is 73.6 Å². The van der Waals surface area contributed by atoms with Gasteiger partial charge in [-0.2, -0.15) is 4.98 Å². The van der Waals surface area contributed by atoms with Gasteiger partial charge in [0.15, 0.2) is 11.2 Å². The van der Waals surface area contributed by atoms with Crippen LogP contribution in [0, 0.1) is 6.57 Å². The van der Waals surface area contributed by atoms with Crippen LogP contribution in [0.4, 0.5) is 17.3 Å². The van der Waals surface area contributed by atoms with E-state index >= 15 is 0 Å². The molecule has 0 radical (unpaired) electrons. The minimum atomic E-state index is -1.75. The monoisotopic (exact) mass is 1140 g/mol. The maximum Gasteiger partial charge on any atom is 0.280 e. The van der Waals surface area contributed by atoms with E-state index in [1.807, 2.05) is 103 Å². The Balaban J connectivity index is 0.987. The van der Waals surface area contributed by atoms with Gasteiger partial charge in [-0.25, -0.2) is 16.2 Å². The highest BCUT2D eigenvalue weighted by molar-refractivity contribution is 7.44. The fraction of sp³-hybridized carbons (Fsp3) is 0.371. The molecular formula is C62H70N11O9P. The summed E-state index contributed by atoms with van der Waals surface area (Å²) in [6.07, 6.45) is -0.252. The van der Waals surface area contributed by atoms with E-state index in [1.54, 1.807) is 31.2 Å². The summed E-state index contributed by atoms with van der Waals surface area (Å²) in [5, 5.41) is 12.1. The number of hydrogen-bond acceptors (Lipinski definition) is 17. The van der Waals surface area contributed by atoms with Crippen molar-refractivity contribution in [1.29, 1.82) is 0 Å². The van der Waals surface area contributed by atoms with Crippen molar-refractivity contribution in [2.75, 3.05) is 77.4 Å². The van der Waals surface area contributed by atoms with Gasteiger partial charge in [-0.3, -0.25) is 19.1 Å². The van der Waals surface area contributed by atoms with E-state index < -0.39 is 38.1 Å². The van der Waals surface area contributed by atoms with Crippen LogP contribution in [0.5, 0.6) is 11.5 Å². The highest BCUT2D eigenvalue weighted by Gasteiger charge is 2.45. The molecule has 4 atom stereocenters. The molecule has 10 rings (SSSR count). The maximum absolute atomic E-state index is 14.1. The van der Waals surface area contributed by atoms with E-state index in [1.165, 1.54) is 6.92 Å². The third-order valence-electron chi connectivity index (χ3n) is 14.9. The third-order valence-corrected chi connectivity index (χ3v) is 17.1. The zero-order valence-corrected chi connectivity index (χ0v) is 48.9. The zero-order chi connectivity index (χ0) is 58.2. The van der Waals surface area contributed by atoms with Crippen molar-refractivity contribution < 1.29 is 37.2 Å². The fourth-order valence-corrected chi connectivity index (χ4v) is 12.5.